The van der Waals surface area contributed by atoms with Gasteiger partial charge in [0.2, 0.25) is 0 Å². The Balaban J connectivity index is 1.23. The fraction of sp³-hybridized carbons (Fsp3) is 0.0980. The van der Waals surface area contributed by atoms with Crippen molar-refractivity contribution in [3.63, 3.8) is 0 Å². The van der Waals surface area contributed by atoms with E-state index in [2.05, 4.69) is 193 Å². The van der Waals surface area contributed by atoms with Gasteiger partial charge in [0.25, 0.3) is 0 Å². The van der Waals surface area contributed by atoms with Gasteiger partial charge in [0.1, 0.15) is 11.5 Å². The number of rotatable bonds is 6. The Kier molecular flexibility index (Phi) is 7.69. The molecular formula is C51H39NO. The standard InChI is InChI=1S/C51H39NO/c1-3-15-36(16-4-1)37-29-32-42(33-30-37)52(48-27-13-19-38-17-7-9-24-44(38)48)43-23-14-22-41(35-43)51(40-20-5-2-6-21-40)46-26-11-12-28-49(46)53-50-45-25-10-8-18-39(45)31-34-47(50)51/h1-6,8,10-16,18-23,25-35H,7,9,17,24H2. The van der Waals surface area contributed by atoms with Gasteiger partial charge >= 0.3 is 0 Å². The quantitative estimate of drug-likeness (QED) is 0.173. The third-order valence-corrected chi connectivity index (χ3v) is 11.4. The molecule has 2 nitrogen and oxygen atoms in total. The third-order valence-electron chi connectivity index (χ3n) is 11.4. The summed E-state index contributed by atoms with van der Waals surface area (Å²) in [5.41, 5.74) is 13.0. The first-order valence-corrected chi connectivity index (χ1v) is 18.8. The number of benzene rings is 8. The van der Waals surface area contributed by atoms with Crippen LogP contribution in [-0.2, 0) is 18.3 Å². The highest BCUT2D eigenvalue weighted by atomic mass is 16.5. The normalized spacial score (nSPS) is 15.8. The third kappa shape index (κ3) is 5.17. The van der Waals surface area contributed by atoms with Crippen LogP contribution in [0.1, 0.15) is 46.2 Å². The Labute approximate surface area is 311 Å². The Hall–Kier alpha value is -6.38. The second-order valence-corrected chi connectivity index (χ2v) is 14.3. The summed E-state index contributed by atoms with van der Waals surface area (Å²) in [6.45, 7) is 0. The van der Waals surface area contributed by atoms with Gasteiger partial charge in [0, 0.05) is 33.6 Å². The first-order chi connectivity index (χ1) is 26.3. The topological polar surface area (TPSA) is 12.5 Å². The van der Waals surface area contributed by atoms with E-state index in [-0.39, 0.29) is 0 Å². The van der Waals surface area contributed by atoms with E-state index in [1.807, 2.05) is 0 Å². The van der Waals surface area contributed by atoms with Crippen LogP contribution in [-0.4, -0.2) is 0 Å². The lowest BCUT2D eigenvalue weighted by Gasteiger charge is -2.42. The van der Waals surface area contributed by atoms with E-state index in [1.54, 1.807) is 0 Å². The number of hydrogen-bond acceptors (Lipinski definition) is 2. The van der Waals surface area contributed by atoms with Gasteiger partial charge in [-0.3, -0.25) is 0 Å². The lowest BCUT2D eigenvalue weighted by Crippen LogP contribution is -2.34. The fourth-order valence-corrected chi connectivity index (χ4v) is 8.96. The van der Waals surface area contributed by atoms with Gasteiger partial charge in [-0.1, -0.05) is 152 Å². The summed E-state index contributed by atoms with van der Waals surface area (Å²) < 4.78 is 6.90. The number of para-hydroxylation sites is 1. The number of anilines is 3. The van der Waals surface area contributed by atoms with Gasteiger partial charge in [-0.2, -0.15) is 0 Å². The van der Waals surface area contributed by atoms with E-state index in [0.29, 0.717) is 0 Å². The predicted octanol–water partition coefficient (Wildman–Crippen LogP) is 13.3. The number of nitrogens with zero attached hydrogens (tertiary/aromatic N) is 1. The summed E-state index contributed by atoms with van der Waals surface area (Å²) in [7, 11) is 0. The van der Waals surface area contributed by atoms with Crippen molar-refractivity contribution in [2.24, 2.45) is 0 Å². The van der Waals surface area contributed by atoms with Gasteiger partial charge in [0.05, 0.1) is 5.41 Å². The van der Waals surface area contributed by atoms with E-state index < -0.39 is 5.41 Å². The molecule has 0 saturated carbocycles. The molecule has 0 fully saturated rings. The molecule has 2 heteroatoms. The molecular weight excluding hydrogens is 643 g/mol. The van der Waals surface area contributed by atoms with Crippen LogP contribution < -0.4 is 9.64 Å². The minimum absolute atomic E-state index is 0.634. The lowest BCUT2D eigenvalue weighted by molar-refractivity contribution is 0.440. The molecule has 1 unspecified atom stereocenters. The molecule has 1 heterocycles. The summed E-state index contributed by atoms with van der Waals surface area (Å²) >= 11 is 0. The number of ether oxygens (including phenoxy) is 1. The molecule has 0 amide bonds. The molecule has 1 aliphatic heterocycles. The van der Waals surface area contributed by atoms with Gasteiger partial charge in [-0.05, 0) is 101 Å². The maximum Gasteiger partial charge on any atom is 0.140 e. The minimum atomic E-state index is -0.634. The van der Waals surface area contributed by atoms with Crippen LogP contribution in [0.5, 0.6) is 11.5 Å². The molecule has 8 aromatic rings. The molecule has 53 heavy (non-hydrogen) atoms. The lowest BCUT2D eigenvalue weighted by atomic mass is 9.63. The van der Waals surface area contributed by atoms with Crippen molar-refractivity contribution in [2.45, 2.75) is 31.1 Å². The molecule has 0 saturated heterocycles. The molecule has 0 N–H and O–H groups in total. The van der Waals surface area contributed by atoms with Crippen molar-refractivity contribution < 1.29 is 4.74 Å². The van der Waals surface area contributed by atoms with Crippen LogP contribution in [0.2, 0.25) is 0 Å². The molecule has 10 rings (SSSR count). The first kappa shape index (κ1) is 31.4. The Bertz CT molecular complexity index is 2590. The van der Waals surface area contributed by atoms with Crippen LogP contribution in [0.4, 0.5) is 17.1 Å². The summed E-state index contributed by atoms with van der Waals surface area (Å²) in [4.78, 5) is 2.49. The van der Waals surface area contributed by atoms with Crippen molar-refractivity contribution in [3.8, 4) is 22.6 Å². The predicted molar refractivity (Wildman–Crippen MR) is 219 cm³/mol. The van der Waals surface area contributed by atoms with Gasteiger partial charge in [-0.15, -0.1) is 0 Å². The van der Waals surface area contributed by atoms with Crippen LogP contribution in [0.15, 0.2) is 188 Å². The van der Waals surface area contributed by atoms with Gasteiger partial charge in [-0.25, -0.2) is 0 Å². The van der Waals surface area contributed by atoms with Crippen molar-refractivity contribution in [3.05, 3.63) is 221 Å². The van der Waals surface area contributed by atoms with E-state index in [4.69, 9.17) is 4.74 Å². The summed E-state index contributed by atoms with van der Waals surface area (Å²) in [6, 6.07) is 68.6. The highest BCUT2D eigenvalue weighted by molar-refractivity contribution is 5.93. The molecule has 0 radical (unpaired) electrons. The SMILES string of the molecule is c1ccc(-c2ccc(N(c3cccc(C4(c5ccccc5)c5ccccc5Oc5c4ccc4ccccc54)c3)c3cccc4c3CCCC4)cc2)cc1. The minimum Gasteiger partial charge on any atom is -0.456 e. The molecule has 0 aromatic heterocycles. The smallest absolute Gasteiger partial charge is 0.140 e. The average molecular weight is 682 g/mol. The first-order valence-electron chi connectivity index (χ1n) is 18.8. The summed E-state index contributed by atoms with van der Waals surface area (Å²) in [5.74, 6) is 1.80. The second-order valence-electron chi connectivity index (χ2n) is 14.3. The number of aryl methyl sites for hydroxylation is 1. The molecule has 1 aliphatic carbocycles. The van der Waals surface area contributed by atoms with E-state index in [9.17, 15) is 0 Å². The second kappa shape index (κ2) is 13.0. The highest BCUT2D eigenvalue weighted by Crippen LogP contribution is 2.57. The van der Waals surface area contributed by atoms with Crippen molar-refractivity contribution in [1.29, 1.82) is 0 Å². The van der Waals surface area contributed by atoms with Crippen LogP contribution in [0.25, 0.3) is 21.9 Å². The maximum atomic E-state index is 6.90. The number of fused-ring (bicyclic) bond motifs is 5. The molecule has 8 aromatic carbocycles. The molecule has 1 atom stereocenters. The van der Waals surface area contributed by atoms with Gasteiger partial charge < -0.3 is 9.64 Å². The Morgan fingerprint density at radius 2 is 1.17 bits per heavy atom. The highest BCUT2D eigenvalue weighted by Gasteiger charge is 2.46. The molecule has 0 spiro atoms. The van der Waals surface area contributed by atoms with Crippen molar-refractivity contribution in [2.75, 3.05) is 4.90 Å². The van der Waals surface area contributed by atoms with Crippen LogP contribution >= 0.6 is 0 Å². The molecule has 2 aliphatic rings. The largest absolute Gasteiger partial charge is 0.456 e. The monoisotopic (exact) mass is 681 g/mol. The van der Waals surface area contributed by atoms with Crippen molar-refractivity contribution >= 4 is 27.8 Å². The summed E-state index contributed by atoms with van der Waals surface area (Å²) in [6.07, 6.45) is 4.67. The zero-order chi connectivity index (χ0) is 35.2. The van der Waals surface area contributed by atoms with Gasteiger partial charge in [0.15, 0.2) is 0 Å². The van der Waals surface area contributed by atoms with E-state index in [1.165, 1.54) is 57.3 Å². The zero-order valence-corrected chi connectivity index (χ0v) is 29.6. The Morgan fingerprint density at radius 3 is 2.04 bits per heavy atom. The van der Waals surface area contributed by atoms with E-state index >= 15 is 0 Å². The fourth-order valence-electron chi connectivity index (χ4n) is 8.96. The molecule has 0 bridgehead atoms. The molecule has 254 valence electrons. The van der Waals surface area contributed by atoms with E-state index in [0.717, 1.165) is 52.2 Å². The zero-order valence-electron chi connectivity index (χ0n) is 29.6. The average Bonchev–Trinajstić information content (AvgIpc) is 3.24. The van der Waals surface area contributed by atoms with Crippen LogP contribution in [0.3, 0.4) is 0 Å². The van der Waals surface area contributed by atoms with Crippen molar-refractivity contribution in [1.82, 2.24) is 0 Å². The Morgan fingerprint density at radius 1 is 0.472 bits per heavy atom. The summed E-state index contributed by atoms with van der Waals surface area (Å²) in [5, 5.41) is 2.28. The number of hydrogen-bond donors (Lipinski definition) is 0. The maximum absolute atomic E-state index is 6.90. The van der Waals surface area contributed by atoms with Crippen LogP contribution in [0, 0.1) is 0 Å².